The quantitative estimate of drug-likeness (QED) is 0.578. The Morgan fingerprint density at radius 2 is 0.727 bits per heavy atom. The molecule has 0 saturated heterocycles. The van der Waals surface area contributed by atoms with Gasteiger partial charge in [0.1, 0.15) is 5.60 Å². The van der Waals surface area contributed by atoms with Crippen LogP contribution in [0.1, 0.15) is 16.7 Å². The lowest BCUT2D eigenvalue weighted by atomic mass is 9.80. The molecule has 0 bridgehead atoms. The van der Waals surface area contributed by atoms with Gasteiger partial charge in [-0.1, -0.05) is 91.0 Å². The molecule has 110 valence electrons. The zero-order valence-corrected chi connectivity index (χ0v) is 12.3. The van der Waals surface area contributed by atoms with E-state index in [0.717, 1.165) is 16.7 Å². The molecule has 0 heterocycles. The molecular weight excluding hydrogens is 304 g/mol. The summed E-state index contributed by atoms with van der Waals surface area (Å²) in [7, 11) is 0. The van der Waals surface area contributed by atoms with Gasteiger partial charge in [-0.2, -0.15) is 0 Å². The van der Waals surface area contributed by atoms with Crippen LogP contribution in [0.5, 0.6) is 0 Å². The van der Waals surface area contributed by atoms with E-state index in [4.69, 9.17) is 0 Å². The predicted octanol–water partition coefficient (Wildman–Crippen LogP) is 3.48. The first-order valence-corrected chi connectivity index (χ1v) is 6.71. The summed E-state index contributed by atoms with van der Waals surface area (Å²) in [5, 5.41) is 11.4. The Balaban J connectivity index is 0.00000121. The molecule has 0 spiro atoms. The second-order valence-electron chi connectivity index (χ2n) is 4.81. The molecule has 3 heteroatoms. The van der Waals surface area contributed by atoms with Crippen molar-refractivity contribution in [2.45, 2.75) is 5.60 Å². The Morgan fingerprint density at radius 1 is 0.500 bits per heavy atom. The van der Waals surface area contributed by atoms with Gasteiger partial charge in [-0.05, 0) is 16.7 Å². The Morgan fingerprint density at radius 3 is 0.955 bits per heavy atom. The van der Waals surface area contributed by atoms with Crippen LogP contribution in [0.2, 0.25) is 0 Å². The highest BCUT2D eigenvalue weighted by molar-refractivity contribution is 5.85. The number of hydrogen-bond acceptors (Lipinski definition) is 1. The summed E-state index contributed by atoms with van der Waals surface area (Å²) in [6.07, 6.45) is 0. The summed E-state index contributed by atoms with van der Waals surface area (Å²) >= 11 is 0. The van der Waals surface area contributed by atoms with E-state index in [0.29, 0.717) is 0 Å². The summed E-state index contributed by atoms with van der Waals surface area (Å²) in [5.41, 5.74) is 1.50. The van der Waals surface area contributed by atoms with Crippen molar-refractivity contribution in [3.63, 3.8) is 0 Å². The summed E-state index contributed by atoms with van der Waals surface area (Å²) in [6.45, 7) is 0. The lowest BCUT2D eigenvalue weighted by Crippen LogP contribution is -2.28. The van der Waals surface area contributed by atoms with Crippen molar-refractivity contribution >= 4 is 35.5 Å². The van der Waals surface area contributed by atoms with Crippen molar-refractivity contribution in [1.82, 2.24) is 0 Å². The minimum Gasteiger partial charge on any atom is -0.376 e. The van der Waals surface area contributed by atoms with Crippen molar-refractivity contribution in [1.29, 1.82) is 0 Å². The Kier molecular flexibility index (Phi) is 7.10. The average molecular weight is 323 g/mol. The maximum absolute atomic E-state index is 11.4. The number of benzene rings is 3. The summed E-state index contributed by atoms with van der Waals surface area (Å²) in [6, 6.07) is 29.3. The Labute approximate surface area is 153 Å². The van der Waals surface area contributed by atoms with Crippen LogP contribution in [-0.4, -0.2) is 28.2 Å². The van der Waals surface area contributed by atoms with Crippen LogP contribution in [0.25, 0.3) is 0 Å². The molecule has 3 aromatic rings. The van der Waals surface area contributed by atoms with E-state index in [1.54, 1.807) is 0 Å². The first-order chi connectivity index (χ1) is 9.82. The van der Waals surface area contributed by atoms with E-state index in [2.05, 4.69) is 0 Å². The maximum atomic E-state index is 11.4. The molecule has 1 nitrogen and oxygen atoms in total. The van der Waals surface area contributed by atoms with Crippen molar-refractivity contribution in [3.05, 3.63) is 108 Å². The third-order valence-corrected chi connectivity index (χ3v) is 3.57. The first kappa shape index (κ1) is 18.7. The first-order valence-electron chi connectivity index (χ1n) is 6.71. The van der Waals surface area contributed by atoms with E-state index in [9.17, 15) is 5.11 Å². The predicted molar refractivity (Wildman–Crippen MR) is 97.2 cm³/mol. The van der Waals surface area contributed by atoms with Crippen molar-refractivity contribution < 1.29 is 5.11 Å². The summed E-state index contributed by atoms with van der Waals surface area (Å²) in [5.74, 6) is 0. The van der Waals surface area contributed by atoms with Gasteiger partial charge in [0.2, 0.25) is 0 Å². The third-order valence-electron chi connectivity index (χ3n) is 3.57. The molecule has 0 atom stereocenters. The van der Waals surface area contributed by atoms with Crippen molar-refractivity contribution in [3.8, 4) is 0 Å². The lowest BCUT2D eigenvalue weighted by molar-refractivity contribution is 0.125. The van der Waals surface area contributed by atoms with Gasteiger partial charge in [0.25, 0.3) is 0 Å². The van der Waals surface area contributed by atoms with Gasteiger partial charge < -0.3 is 5.11 Å². The van der Waals surface area contributed by atoms with Gasteiger partial charge in [-0.25, -0.2) is 0 Å². The van der Waals surface area contributed by atoms with Gasteiger partial charge >= 0.3 is 23.1 Å². The molecular formula is C19H19ClMgO. The van der Waals surface area contributed by atoms with Crippen molar-refractivity contribution in [2.75, 3.05) is 0 Å². The molecule has 0 amide bonds. The standard InChI is InChI=1S/C19H16O.ClH.Mg.2H/c20-19(16-10-4-1-5-11-16,17-12-6-2-7-13-17)18-14-8-3-9-15-18;;;;/h1-15,20H;1H;;;. The molecule has 3 aromatic carbocycles. The maximum Gasteiger partial charge on any atom is 0.316 e. The lowest BCUT2D eigenvalue weighted by Gasteiger charge is -2.30. The number of aliphatic hydroxyl groups is 1. The van der Waals surface area contributed by atoms with E-state index in [1.807, 2.05) is 91.0 Å². The van der Waals surface area contributed by atoms with E-state index < -0.39 is 5.60 Å². The fourth-order valence-corrected chi connectivity index (χ4v) is 2.54. The van der Waals surface area contributed by atoms with Crippen LogP contribution >= 0.6 is 12.4 Å². The Hall–Kier alpha value is -1.32. The SMILES string of the molecule is Cl.OC(c1ccccc1)(c1ccccc1)c1ccccc1.[MgH2]. The van der Waals surface area contributed by atoms with Crippen LogP contribution < -0.4 is 0 Å². The molecule has 22 heavy (non-hydrogen) atoms. The zero-order chi connectivity index (χ0) is 13.8. The molecule has 0 aliphatic heterocycles. The van der Waals surface area contributed by atoms with Gasteiger partial charge in [0.05, 0.1) is 0 Å². The largest absolute Gasteiger partial charge is 0.376 e. The monoisotopic (exact) mass is 322 g/mol. The molecule has 0 radical (unpaired) electrons. The number of rotatable bonds is 3. The molecule has 1 N–H and O–H groups in total. The smallest absolute Gasteiger partial charge is 0.316 e. The number of hydrogen-bond donors (Lipinski definition) is 1. The normalized spacial score (nSPS) is 10.2. The highest BCUT2D eigenvalue weighted by atomic mass is 35.5. The summed E-state index contributed by atoms with van der Waals surface area (Å²) in [4.78, 5) is 0. The Bertz CT molecular complexity index is 575. The fraction of sp³-hybridized carbons (Fsp3) is 0.0526. The van der Waals surface area contributed by atoms with Crippen LogP contribution in [0, 0.1) is 0 Å². The molecule has 3 rings (SSSR count). The van der Waals surface area contributed by atoms with Crippen LogP contribution in [0.3, 0.4) is 0 Å². The highest BCUT2D eigenvalue weighted by Crippen LogP contribution is 2.36. The molecule has 0 aliphatic carbocycles. The van der Waals surface area contributed by atoms with Crippen molar-refractivity contribution in [2.24, 2.45) is 0 Å². The van der Waals surface area contributed by atoms with Crippen LogP contribution in [0.4, 0.5) is 0 Å². The second-order valence-corrected chi connectivity index (χ2v) is 4.81. The minimum absolute atomic E-state index is 0. The highest BCUT2D eigenvalue weighted by Gasteiger charge is 2.33. The molecule has 0 aromatic heterocycles. The number of halogens is 1. The van der Waals surface area contributed by atoms with Gasteiger partial charge in [0, 0.05) is 0 Å². The molecule has 0 fully saturated rings. The average Bonchev–Trinajstić information content (AvgIpc) is 2.56. The van der Waals surface area contributed by atoms with Gasteiger partial charge in [-0.15, -0.1) is 12.4 Å². The second kappa shape index (κ2) is 8.35. The summed E-state index contributed by atoms with van der Waals surface area (Å²) < 4.78 is 0. The molecule has 0 unspecified atom stereocenters. The molecule has 0 aliphatic rings. The minimum atomic E-state index is -1.12. The topological polar surface area (TPSA) is 20.2 Å². The van der Waals surface area contributed by atoms with E-state index in [-0.39, 0.29) is 35.5 Å². The zero-order valence-electron chi connectivity index (χ0n) is 11.5. The fourth-order valence-electron chi connectivity index (χ4n) is 2.54. The van der Waals surface area contributed by atoms with E-state index >= 15 is 0 Å². The molecule has 0 saturated carbocycles. The van der Waals surface area contributed by atoms with Crippen LogP contribution in [-0.2, 0) is 5.60 Å². The van der Waals surface area contributed by atoms with Gasteiger partial charge in [-0.3, -0.25) is 0 Å². The van der Waals surface area contributed by atoms with Gasteiger partial charge in [0.15, 0.2) is 0 Å². The van der Waals surface area contributed by atoms with E-state index in [1.165, 1.54) is 0 Å². The third kappa shape index (κ3) is 3.53. The van der Waals surface area contributed by atoms with Crippen LogP contribution in [0.15, 0.2) is 91.0 Å².